The van der Waals surface area contributed by atoms with Gasteiger partial charge in [0.05, 0.1) is 0 Å². The van der Waals surface area contributed by atoms with E-state index in [0.717, 1.165) is 16.7 Å². The van der Waals surface area contributed by atoms with Gasteiger partial charge >= 0.3 is 0 Å². The molecule has 0 unspecified atom stereocenters. The highest BCUT2D eigenvalue weighted by Crippen LogP contribution is 2.46. The average Bonchev–Trinajstić information content (AvgIpc) is 3.97. The number of benzene rings is 8. The van der Waals surface area contributed by atoms with Crippen LogP contribution in [0.15, 0.2) is 176 Å². The van der Waals surface area contributed by atoms with Crippen molar-refractivity contribution in [2.24, 2.45) is 0 Å². The predicted molar refractivity (Wildman–Crippen MR) is 246 cm³/mol. The highest BCUT2D eigenvalue weighted by Gasteiger charge is 2.19. The molecule has 8 aromatic carbocycles. The molecular weight excluding hydrogens is 751 g/mol. The highest BCUT2D eigenvalue weighted by molar-refractivity contribution is 7.27. The molecule has 0 saturated heterocycles. The number of fused-ring (bicyclic) bond motifs is 9. The van der Waals surface area contributed by atoms with E-state index in [1.807, 2.05) is 70.4 Å². The van der Waals surface area contributed by atoms with Crippen LogP contribution in [0.2, 0.25) is 0 Å². The maximum atomic E-state index is 5.10. The van der Waals surface area contributed by atoms with Crippen LogP contribution in [0.25, 0.3) is 117 Å². The second-order valence-electron chi connectivity index (χ2n) is 14.3. The number of thiophene rings is 3. The summed E-state index contributed by atoms with van der Waals surface area (Å²) in [5.41, 5.74) is 7.89. The molecule has 12 rings (SSSR count). The first-order chi connectivity index (χ1) is 28.2. The minimum absolute atomic E-state index is 0.665. The third-order valence-corrected chi connectivity index (χ3v) is 14.5. The number of hydrogen-bond donors (Lipinski definition) is 0. The highest BCUT2D eigenvalue weighted by atomic mass is 32.1. The first-order valence-electron chi connectivity index (χ1n) is 18.9. The molecule has 266 valence electrons. The molecule has 0 N–H and O–H groups in total. The second kappa shape index (κ2) is 13.0. The maximum absolute atomic E-state index is 5.10. The van der Waals surface area contributed by atoms with Crippen LogP contribution >= 0.6 is 34.0 Å². The Bertz CT molecular complexity index is 3470. The minimum atomic E-state index is 0.665. The summed E-state index contributed by atoms with van der Waals surface area (Å²) < 4.78 is 7.68. The molecule has 57 heavy (non-hydrogen) atoms. The Hall–Kier alpha value is -6.57. The molecule has 0 spiro atoms. The minimum Gasteiger partial charge on any atom is -0.208 e. The van der Waals surface area contributed by atoms with E-state index in [0.29, 0.717) is 17.5 Å². The van der Waals surface area contributed by atoms with Gasteiger partial charge in [0, 0.05) is 82.8 Å². The fourth-order valence-corrected chi connectivity index (χ4v) is 11.8. The summed E-state index contributed by atoms with van der Waals surface area (Å²) in [4.78, 5) is 15.1. The lowest BCUT2D eigenvalue weighted by molar-refractivity contribution is 1.08. The summed E-state index contributed by atoms with van der Waals surface area (Å²) in [6.07, 6.45) is 0. The molecule has 6 heteroatoms. The van der Waals surface area contributed by atoms with Crippen molar-refractivity contribution in [2.75, 3.05) is 0 Å². The third kappa shape index (κ3) is 5.41. The Kier molecular flexibility index (Phi) is 7.45. The smallest absolute Gasteiger partial charge is 0.165 e. The molecule has 4 aromatic heterocycles. The van der Waals surface area contributed by atoms with E-state index in [2.05, 4.69) is 140 Å². The number of hydrogen-bond acceptors (Lipinski definition) is 6. The van der Waals surface area contributed by atoms with Gasteiger partial charge in [-0.1, -0.05) is 133 Å². The second-order valence-corrected chi connectivity index (χ2v) is 17.5. The Labute approximate surface area is 339 Å². The molecule has 0 radical (unpaired) electrons. The Balaban J connectivity index is 1.04. The van der Waals surface area contributed by atoms with Crippen molar-refractivity contribution < 1.29 is 0 Å². The first kappa shape index (κ1) is 32.7. The molecule has 0 fully saturated rings. The van der Waals surface area contributed by atoms with Crippen LogP contribution in [0.5, 0.6) is 0 Å². The van der Waals surface area contributed by atoms with Crippen molar-refractivity contribution in [3.05, 3.63) is 176 Å². The van der Waals surface area contributed by atoms with Gasteiger partial charge < -0.3 is 0 Å². The van der Waals surface area contributed by atoms with E-state index in [1.54, 1.807) is 0 Å². The molecular formula is C51H29N3S3. The standard InChI is InChI=1S/C51H29N3S3/c1-3-12-30(13-4-1)49-52-50(31-14-5-2-6-15-31)54-51(53-49)40-19-11-18-39-38-25-23-33(29-46(38)57-47(39)40)41-26-34(27-42-36-17-8-10-21-44(36)56-48(41)42)32-22-24-37-35-16-7-9-20-43(35)55-45(37)28-32/h1-29H. The van der Waals surface area contributed by atoms with Crippen molar-refractivity contribution in [3.8, 4) is 56.4 Å². The van der Waals surface area contributed by atoms with Crippen molar-refractivity contribution >= 4 is 94.5 Å². The lowest BCUT2D eigenvalue weighted by Crippen LogP contribution is -2.00. The van der Waals surface area contributed by atoms with Gasteiger partial charge in [0.2, 0.25) is 0 Å². The maximum Gasteiger partial charge on any atom is 0.165 e. The Morgan fingerprint density at radius 3 is 1.51 bits per heavy atom. The molecule has 12 aromatic rings. The lowest BCUT2D eigenvalue weighted by Gasteiger charge is -2.10. The molecule has 0 atom stereocenters. The van der Waals surface area contributed by atoms with Crippen molar-refractivity contribution in [1.82, 2.24) is 15.0 Å². The van der Waals surface area contributed by atoms with Crippen LogP contribution < -0.4 is 0 Å². The zero-order valence-electron chi connectivity index (χ0n) is 30.3. The topological polar surface area (TPSA) is 38.7 Å². The van der Waals surface area contributed by atoms with Crippen molar-refractivity contribution in [1.29, 1.82) is 0 Å². The van der Waals surface area contributed by atoms with Crippen LogP contribution in [-0.2, 0) is 0 Å². The van der Waals surface area contributed by atoms with E-state index < -0.39 is 0 Å². The number of nitrogens with zero attached hydrogens (tertiary/aromatic N) is 3. The summed E-state index contributed by atoms with van der Waals surface area (Å²) in [6.45, 7) is 0. The van der Waals surface area contributed by atoms with Gasteiger partial charge in [-0.05, 0) is 59.2 Å². The van der Waals surface area contributed by atoms with Crippen LogP contribution in [0.3, 0.4) is 0 Å². The van der Waals surface area contributed by atoms with Gasteiger partial charge in [-0.15, -0.1) is 34.0 Å². The van der Waals surface area contributed by atoms with Crippen molar-refractivity contribution in [2.45, 2.75) is 0 Å². The van der Waals surface area contributed by atoms with Gasteiger partial charge in [-0.25, -0.2) is 15.0 Å². The monoisotopic (exact) mass is 779 g/mol. The fraction of sp³-hybridized carbons (Fsp3) is 0. The van der Waals surface area contributed by atoms with E-state index in [-0.39, 0.29) is 0 Å². The largest absolute Gasteiger partial charge is 0.208 e. The van der Waals surface area contributed by atoms with Gasteiger partial charge in [0.25, 0.3) is 0 Å². The van der Waals surface area contributed by atoms with E-state index in [4.69, 9.17) is 15.0 Å². The average molecular weight is 780 g/mol. The molecule has 0 aliphatic heterocycles. The Morgan fingerprint density at radius 2 is 0.772 bits per heavy atom. The quantitative estimate of drug-likeness (QED) is 0.175. The van der Waals surface area contributed by atoms with Crippen LogP contribution in [0.4, 0.5) is 0 Å². The molecule has 0 saturated carbocycles. The number of rotatable bonds is 5. The molecule has 0 bridgehead atoms. The zero-order valence-corrected chi connectivity index (χ0v) is 32.8. The van der Waals surface area contributed by atoms with Gasteiger partial charge in [-0.2, -0.15) is 0 Å². The first-order valence-corrected chi connectivity index (χ1v) is 21.4. The van der Waals surface area contributed by atoms with E-state index >= 15 is 0 Å². The Morgan fingerprint density at radius 1 is 0.263 bits per heavy atom. The molecule has 4 heterocycles. The fourth-order valence-electron chi connectivity index (χ4n) is 8.18. The zero-order chi connectivity index (χ0) is 37.5. The van der Waals surface area contributed by atoms with Crippen molar-refractivity contribution in [3.63, 3.8) is 0 Å². The molecule has 0 aliphatic carbocycles. The summed E-state index contributed by atoms with van der Waals surface area (Å²) in [7, 11) is 0. The van der Waals surface area contributed by atoms with Crippen LogP contribution in [0, 0.1) is 0 Å². The van der Waals surface area contributed by atoms with Gasteiger partial charge in [0.1, 0.15) is 0 Å². The summed E-state index contributed by atoms with van der Waals surface area (Å²) in [5.74, 6) is 2.01. The normalized spacial score (nSPS) is 11.9. The predicted octanol–water partition coefficient (Wildman–Crippen LogP) is 15.3. The molecule has 3 nitrogen and oxygen atoms in total. The molecule has 0 amide bonds. The van der Waals surface area contributed by atoms with E-state index in [1.165, 1.54) is 82.8 Å². The van der Waals surface area contributed by atoms with Crippen LogP contribution in [0.1, 0.15) is 0 Å². The summed E-state index contributed by atoms with van der Waals surface area (Å²) in [5, 5.41) is 7.70. The lowest BCUT2D eigenvalue weighted by atomic mass is 9.95. The summed E-state index contributed by atoms with van der Waals surface area (Å²) >= 11 is 5.57. The van der Waals surface area contributed by atoms with Gasteiger partial charge in [0.15, 0.2) is 17.5 Å². The SMILES string of the molecule is c1ccc(-c2nc(-c3ccccc3)nc(-c3cccc4c3sc3cc(-c5cc(-c6ccc7c(c6)sc6ccccc67)cc6c5sc5ccccc56)ccc34)n2)cc1. The third-order valence-electron chi connectivity index (χ3n) is 10.9. The van der Waals surface area contributed by atoms with Crippen LogP contribution in [-0.4, -0.2) is 15.0 Å². The van der Waals surface area contributed by atoms with E-state index in [9.17, 15) is 0 Å². The molecule has 0 aliphatic rings. The van der Waals surface area contributed by atoms with Gasteiger partial charge in [-0.3, -0.25) is 0 Å². The number of aromatic nitrogens is 3. The summed E-state index contributed by atoms with van der Waals surface area (Å²) in [6, 6.07) is 63.2.